The fourth-order valence-corrected chi connectivity index (χ4v) is 3.74. The maximum Gasteiger partial charge on any atom is 0.235 e. The van der Waals surface area contributed by atoms with Crippen molar-refractivity contribution in [1.82, 2.24) is 29.6 Å². The molecule has 122 valence electrons. The van der Waals surface area contributed by atoms with Gasteiger partial charge in [-0.15, -0.1) is 10.2 Å². The lowest BCUT2D eigenvalue weighted by Gasteiger charge is -2.01. The van der Waals surface area contributed by atoms with Gasteiger partial charge in [0.1, 0.15) is 5.82 Å². The van der Waals surface area contributed by atoms with Crippen LogP contribution in [0.15, 0.2) is 28.7 Å². The van der Waals surface area contributed by atoms with Crippen LogP contribution < -0.4 is 0 Å². The Labute approximate surface area is 149 Å². The van der Waals surface area contributed by atoms with Gasteiger partial charge in [-0.3, -0.25) is 4.68 Å². The molecule has 24 heavy (non-hydrogen) atoms. The average Bonchev–Trinajstić information content (AvgIpc) is 3.22. The van der Waals surface area contributed by atoms with Crippen LogP contribution in [0.4, 0.5) is 4.39 Å². The van der Waals surface area contributed by atoms with Gasteiger partial charge in [0.15, 0.2) is 10.8 Å². The maximum atomic E-state index is 14.2. The van der Waals surface area contributed by atoms with Crippen molar-refractivity contribution < 1.29 is 4.39 Å². The highest BCUT2D eigenvalue weighted by Crippen LogP contribution is 2.30. The summed E-state index contributed by atoms with van der Waals surface area (Å²) in [5, 5.41) is 18.0. The zero-order valence-corrected chi connectivity index (χ0v) is 15.3. The molecule has 9 heteroatoms. The molecule has 0 fully saturated rings. The van der Waals surface area contributed by atoms with E-state index in [2.05, 4.69) is 36.3 Å². The molecule has 6 nitrogen and oxygen atoms in total. The van der Waals surface area contributed by atoms with Crippen LogP contribution >= 0.6 is 27.3 Å². The van der Waals surface area contributed by atoms with Crippen LogP contribution in [0.1, 0.15) is 12.6 Å². The predicted octanol–water partition coefficient (Wildman–Crippen LogP) is 3.95. The van der Waals surface area contributed by atoms with Crippen LogP contribution in [-0.4, -0.2) is 29.6 Å². The molecule has 0 unspecified atom stereocenters. The van der Waals surface area contributed by atoms with Crippen molar-refractivity contribution in [2.45, 2.75) is 20.4 Å². The van der Waals surface area contributed by atoms with Crippen molar-refractivity contribution in [3.63, 3.8) is 0 Å². The first-order valence-electron chi connectivity index (χ1n) is 7.29. The quantitative estimate of drug-likeness (QED) is 0.516. The van der Waals surface area contributed by atoms with Crippen molar-refractivity contribution in [1.29, 1.82) is 0 Å². The number of aryl methyl sites for hydroxylation is 2. The lowest BCUT2D eigenvalue weighted by Crippen LogP contribution is -2.00. The maximum absolute atomic E-state index is 14.2. The molecule has 0 radical (unpaired) electrons. The molecular formula is C15H12BrFN6S. The van der Waals surface area contributed by atoms with Gasteiger partial charge in [-0.1, -0.05) is 27.3 Å². The van der Waals surface area contributed by atoms with E-state index in [1.807, 2.05) is 24.6 Å². The summed E-state index contributed by atoms with van der Waals surface area (Å²) in [7, 11) is 0. The highest BCUT2D eigenvalue weighted by molar-refractivity contribution is 9.10. The molecule has 0 aliphatic carbocycles. The van der Waals surface area contributed by atoms with Gasteiger partial charge in [-0.05, 0) is 38.1 Å². The Balaban J connectivity index is 1.89. The minimum absolute atomic E-state index is 0.355. The number of hydrogen-bond acceptors (Lipinski definition) is 5. The van der Waals surface area contributed by atoms with E-state index in [0.717, 1.165) is 27.4 Å². The van der Waals surface area contributed by atoms with Gasteiger partial charge < -0.3 is 0 Å². The molecule has 0 saturated heterocycles. The largest absolute Gasteiger partial charge is 0.262 e. The molecule has 3 aromatic heterocycles. The number of halogens is 2. The summed E-state index contributed by atoms with van der Waals surface area (Å²) in [6.45, 7) is 4.72. The van der Waals surface area contributed by atoms with Gasteiger partial charge in [-0.2, -0.15) is 14.7 Å². The van der Waals surface area contributed by atoms with Gasteiger partial charge in [0, 0.05) is 11.0 Å². The first-order chi connectivity index (χ1) is 11.6. The Hall–Kier alpha value is -2.13. The Morgan fingerprint density at radius 2 is 2.04 bits per heavy atom. The van der Waals surface area contributed by atoms with Crippen molar-refractivity contribution in [3.05, 3.63) is 40.2 Å². The Morgan fingerprint density at radius 3 is 2.83 bits per heavy atom. The van der Waals surface area contributed by atoms with Crippen LogP contribution in [0.5, 0.6) is 0 Å². The van der Waals surface area contributed by atoms with Gasteiger partial charge in [-0.25, -0.2) is 4.39 Å². The van der Waals surface area contributed by atoms with Crippen LogP contribution in [0.3, 0.4) is 0 Å². The second kappa shape index (κ2) is 5.75. The van der Waals surface area contributed by atoms with E-state index in [4.69, 9.17) is 0 Å². The number of hydrogen-bond donors (Lipinski definition) is 0. The lowest BCUT2D eigenvalue weighted by atomic mass is 10.2. The van der Waals surface area contributed by atoms with Gasteiger partial charge in [0.05, 0.1) is 17.0 Å². The Bertz CT molecular complexity index is 1050. The second-order valence-electron chi connectivity index (χ2n) is 5.24. The van der Waals surface area contributed by atoms with E-state index in [-0.39, 0.29) is 5.82 Å². The average molecular weight is 407 g/mol. The molecule has 0 aliphatic heterocycles. The van der Waals surface area contributed by atoms with E-state index in [1.54, 1.807) is 16.6 Å². The number of benzene rings is 1. The molecule has 4 rings (SSSR count). The summed E-state index contributed by atoms with van der Waals surface area (Å²) >= 11 is 4.76. The van der Waals surface area contributed by atoms with Crippen LogP contribution in [0.25, 0.3) is 27.1 Å². The third kappa shape index (κ3) is 2.44. The smallest absolute Gasteiger partial charge is 0.235 e. The standard InChI is InChI=1S/C15H12BrFN6S/c1-3-22-12(6-8(2)20-22)14-21-23-13(18-19-15(23)24-14)10-7-9(16)4-5-11(10)17/h4-7H,3H2,1-2H3. The second-order valence-corrected chi connectivity index (χ2v) is 7.11. The minimum atomic E-state index is -0.364. The lowest BCUT2D eigenvalue weighted by molar-refractivity contribution is 0.628. The molecular weight excluding hydrogens is 395 g/mol. The fraction of sp³-hybridized carbons (Fsp3) is 0.200. The number of rotatable bonds is 3. The van der Waals surface area contributed by atoms with Crippen molar-refractivity contribution in [2.24, 2.45) is 0 Å². The third-order valence-electron chi connectivity index (χ3n) is 3.58. The number of fused-ring (bicyclic) bond motifs is 1. The molecule has 1 aromatic carbocycles. The first kappa shape index (κ1) is 15.4. The molecule has 3 heterocycles. The van der Waals surface area contributed by atoms with Crippen LogP contribution in [0.2, 0.25) is 0 Å². The van der Waals surface area contributed by atoms with Crippen molar-refractivity contribution in [3.8, 4) is 22.1 Å². The van der Waals surface area contributed by atoms with Crippen molar-refractivity contribution >= 4 is 32.2 Å². The Kier molecular flexibility index (Phi) is 3.69. The van der Waals surface area contributed by atoms with E-state index < -0.39 is 0 Å². The molecule has 0 atom stereocenters. The normalized spacial score (nSPS) is 11.5. The van der Waals surface area contributed by atoms with Crippen LogP contribution in [-0.2, 0) is 6.54 Å². The van der Waals surface area contributed by atoms with E-state index in [0.29, 0.717) is 16.3 Å². The molecule has 0 N–H and O–H groups in total. The zero-order chi connectivity index (χ0) is 16.8. The highest BCUT2D eigenvalue weighted by Gasteiger charge is 2.19. The van der Waals surface area contributed by atoms with E-state index >= 15 is 0 Å². The molecule has 0 aliphatic rings. The summed E-state index contributed by atoms with van der Waals surface area (Å²) in [5.74, 6) is 0.0158. The minimum Gasteiger partial charge on any atom is -0.262 e. The molecule has 4 aromatic rings. The topological polar surface area (TPSA) is 60.9 Å². The van der Waals surface area contributed by atoms with Crippen molar-refractivity contribution in [2.75, 3.05) is 0 Å². The Morgan fingerprint density at radius 1 is 1.21 bits per heavy atom. The summed E-state index contributed by atoms with van der Waals surface area (Å²) in [6, 6.07) is 6.69. The molecule has 0 saturated carbocycles. The van der Waals surface area contributed by atoms with Gasteiger partial charge in [0.2, 0.25) is 4.96 Å². The predicted molar refractivity (Wildman–Crippen MR) is 93.4 cm³/mol. The number of nitrogens with zero attached hydrogens (tertiary/aromatic N) is 6. The van der Waals surface area contributed by atoms with Gasteiger partial charge >= 0.3 is 0 Å². The van der Waals surface area contributed by atoms with E-state index in [9.17, 15) is 4.39 Å². The zero-order valence-electron chi connectivity index (χ0n) is 12.9. The fourth-order valence-electron chi connectivity index (χ4n) is 2.52. The summed E-state index contributed by atoms with van der Waals surface area (Å²) in [4.78, 5) is 0.612. The SMILES string of the molecule is CCn1nc(C)cc1-c1nn2c(-c3cc(Br)ccc3F)nnc2s1. The molecule has 0 amide bonds. The summed E-state index contributed by atoms with van der Waals surface area (Å²) < 4.78 is 18.4. The van der Waals surface area contributed by atoms with Crippen LogP contribution in [0, 0.1) is 12.7 Å². The molecule has 0 bridgehead atoms. The van der Waals surface area contributed by atoms with E-state index in [1.165, 1.54) is 17.4 Å². The van der Waals surface area contributed by atoms with Gasteiger partial charge in [0.25, 0.3) is 0 Å². The summed E-state index contributed by atoms with van der Waals surface area (Å²) in [5.41, 5.74) is 2.20. The monoisotopic (exact) mass is 406 g/mol. The molecule has 0 spiro atoms. The first-order valence-corrected chi connectivity index (χ1v) is 8.90. The highest BCUT2D eigenvalue weighted by atomic mass is 79.9. The number of aromatic nitrogens is 6. The third-order valence-corrected chi connectivity index (χ3v) is 5.00. The summed E-state index contributed by atoms with van der Waals surface area (Å²) in [6.07, 6.45) is 0.